The number of nitrogens with zero attached hydrogens (tertiary/aromatic N) is 2. The molecule has 0 amide bonds. The molecule has 0 saturated heterocycles. The zero-order valence-electron chi connectivity index (χ0n) is 11.5. The van der Waals surface area contributed by atoms with E-state index in [-0.39, 0.29) is 6.04 Å². The predicted molar refractivity (Wildman–Crippen MR) is 75.9 cm³/mol. The van der Waals surface area contributed by atoms with Gasteiger partial charge in [0.05, 0.1) is 5.71 Å². The van der Waals surface area contributed by atoms with Crippen LogP contribution in [0.25, 0.3) is 0 Å². The molecule has 0 spiro atoms. The Morgan fingerprint density at radius 3 is 2.26 bits per heavy atom. The van der Waals surface area contributed by atoms with Gasteiger partial charge in [-0.2, -0.15) is 12.7 Å². The van der Waals surface area contributed by atoms with Crippen LogP contribution in [0.3, 0.4) is 0 Å². The third kappa shape index (κ3) is 3.93. The molecule has 0 bridgehead atoms. The van der Waals surface area contributed by atoms with Gasteiger partial charge < -0.3 is 5.21 Å². The first-order valence-corrected chi connectivity index (χ1v) is 7.27. The van der Waals surface area contributed by atoms with Gasteiger partial charge in [-0.15, -0.1) is 0 Å². The summed E-state index contributed by atoms with van der Waals surface area (Å²) in [5.41, 5.74) is 1.65. The average molecular weight is 285 g/mol. The first kappa shape index (κ1) is 15.5. The van der Waals surface area contributed by atoms with Gasteiger partial charge in [-0.1, -0.05) is 17.3 Å². The lowest BCUT2D eigenvalue weighted by Crippen LogP contribution is -2.37. The minimum atomic E-state index is -3.55. The van der Waals surface area contributed by atoms with E-state index in [1.807, 2.05) is 0 Å². The molecule has 0 aliphatic heterocycles. The van der Waals surface area contributed by atoms with E-state index in [2.05, 4.69) is 9.88 Å². The van der Waals surface area contributed by atoms with Crippen molar-refractivity contribution in [3.05, 3.63) is 29.8 Å². The zero-order chi connectivity index (χ0) is 14.6. The summed E-state index contributed by atoms with van der Waals surface area (Å²) in [5.74, 6) is 0. The molecule has 6 nitrogen and oxygen atoms in total. The first-order chi connectivity index (χ1) is 8.77. The lowest BCUT2D eigenvalue weighted by atomic mass is 10.1. The van der Waals surface area contributed by atoms with Crippen LogP contribution in [0, 0.1) is 0 Å². The first-order valence-electron chi connectivity index (χ1n) is 5.83. The van der Waals surface area contributed by atoms with Crippen LogP contribution in [0.4, 0.5) is 5.69 Å². The van der Waals surface area contributed by atoms with Crippen molar-refractivity contribution in [3.63, 3.8) is 0 Å². The van der Waals surface area contributed by atoms with Gasteiger partial charge in [0.25, 0.3) is 0 Å². The van der Waals surface area contributed by atoms with Gasteiger partial charge in [-0.25, -0.2) is 0 Å². The molecule has 0 unspecified atom stereocenters. The van der Waals surface area contributed by atoms with Gasteiger partial charge in [-0.05, 0) is 38.5 Å². The van der Waals surface area contributed by atoms with E-state index in [1.165, 1.54) is 11.4 Å². The van der Waals surface area contributed by atoms with Crippen LogP contribution in [-0.4, -0.2) is 36.7 Å². The van der Waals surface area contributed by atoms with E-state index in [0.717, 1.165) is 5.56 Å². The van der Waals surface area contributed by atoms with Crippen LogP contribution in [0.5, 0.6) is 0 Å². The molecule has 0 atom stereocenters. The summed E-state index contributed by atoms with van der Waals surface area (Å²) in [5, 5.41) is 11.7. The summed E-state index contributed by atoms with van der Waals surface area (Å²) < 4.78 is 27.7. The zero-order valence-corrected chi connectivity index (χ0v) is 12.3. The quantitative estimate of drug-likeness (QED) is 0.492. The van der Waals surface area contributed by atoms with E-state index in [1.54, 1.807) is 45.0 Å². The largest absolute Gasteiger partial charge is 0.411 e. The maximum absolute atomic E-state index is 12.0. The van der Waals surface area contributed by atoms with E-state index >= 15 is 0 Å². The highest BCUT2D eigenvalue weighted by atomic mass is 32.2. The number of benzene rings is 1. The van der Waals surface area contributed by atoms with Crippen molar-refractivity contribution in [2.45, 2.75) is 26.8 Å². The highest BCUT2D eigenvalue weighted by molar-refractivity contribution is 7.90. The number of rotatable bonds is 5. The normalized spacial score (nSPS) is 13.1. The predicted octanol–water partition coefficient (Wildman–Crippen LogP) is 1.88. The minimum absolute atomic E-state index is 0.125. The Bertz CT molecular complexity index is 550. The summed E-state index contributed by atoms with van der Waals surface area (Å²) in [6, 6.07) is 6.48. The molecule has 1 aromatic carbocycles. The van der Waals surface area contributed by atoms with Crippen LogP contribution in [0.2, 0.25) is 0 Å². The lowest BCUT2D eigenvalue weighted by molar-refractivity contribution is 0.319. The van der Waals surface area contributed by atoms with Gasteiger partial charge in [0.2, 0.25) is 0 Å². The number of hydrogen-bond donors (Lipinski definition) is 2. The molecule has 0 fully saturated rings. The van der Waals surface area contributed by atoms with Crippen molar-refractivity contribution in [1.82, 2.24) is 4.31 Å². The molecular weight excluding hydrogens is 266 g/mol. The summed E-state index contributed by atoms with van der Waals surface area (Å²) in [4.78, 5) is 0. The van der Waals surface area contributed by atoms with Crippen molar-refractivity contribution in [2.75, 3.05) is 11.8 Å². The number of hydrogen-bond acceptors (Lipinski definition) is 4. The van der Waals surface area contributed by atoms with Crippen LogP contribution in [0.1, 0.15) is 26.3 Å². The third-order valence-corrected chi connectivity index (χ3v) is 4.48. The van der Waals surface area contributed by atoms with E-state index < -0.39 is 10.2 Å². The van der Waals surface area contributed by atoms with Gasteiger partial charge in [0.15, 0.2) is 0 Å². The third-order valence-electron chi connectivity index (χ3n) is 2.81. The van der Waals surface area contributed by atoms with Gasteiger partial charge >= 0.3 is 10.2 Å². The Hall–Kier alpha value is -1.60. The summed E-state index contributed by atoms with van der Waals surface area (Å²) in [6.07, 6.45) is 0. The van der Waals surface area contributed by atoms with Gasteiger partial charge in [0, 0.05) is 18.8 Å². The topological polar surface area (TPSA) is 82.0 Å². The van der Waals surface area contributed by atoms with Crippen molar-refractivity contribution in [1.29, 1.82) is 0 Å². The monoisotopic (exact) mass is 285 g/mol. The Kier molecular flexibility index (Phi) is 4.90. The van der Waals surface area contributed by atoms with Crippen molar-refractivity contribution < 1.29 is 13.6 Å². The second kappa shape index (κ2) is 6.03. The van der Waals surface area contributed by atoms with Gasteiger partial charge in [-0.3, -0.25) is 4.72 Å². The maximum Gasteiger partial charge on any atom is 0.301 e. The maximum atomic E-state index is 12.0. The summed E-state index contributed by atoms with van der Waals surface area (Å²) in [6.45, 7) is 5.25. The molecule has 7 heteroatoms. The molecule has 19 heavy (non-hydrogen) atoms. The Morgan fingerprint density at radius 2 is 1.84 bits per heavy atom. The molecule has 0 saturated carbocycles. The molecule has 0 aromatic heterocycles. The van der Waals surface area contributed by atoms with Crippen LogP contribution < -0.4 is 4.72 Å². The fraction of sp³-hybridized carbons (Fsp3) is 0.417. The Morgan fingerprint density at radius 1 is 1.32 bits per heavy atom. The molecule has 1 rings (SSSR count). The van der Waals surface area contributed by atoms with Crippen LogP contribution >= 0.6 is 0 Å². The number of oxime groups is 1. The minimum Gasteiger partial charge on any atom is -0.411 e. The SMILES string of the molecule is C/C(=N\O)c1ccc(NS(=O)(=O)N(C)C(C)C)cc1. The van der Waals surface area contributed by atoms with E-state index in [4.69, 9.17) is 5.21 Å². The number of nitrogens with one attached hydrogen (secondary N) is 1. The van der Waals surface area contributed by atoms with Crippen molar-refractivity contribution in [3.8, 4) is 0 Å². The standard InChI is InChI=1S/C12H19N3O3S/c1-9(2)15(4)19(17,18)14-12-7-5-11(6-8-12)10(3)13-16/h5-9,14,16H,1-4H3/b13-10+. The average Bonchev–Trinajstić information content (AvgIpc) is 2.37. The Balaban J connectivity index is 2.90. The fourth-order valence-corrected chi connectivity index (χ4v) is 2.47. The van der Waals surface area contributed by atoms with Crippen LogP contribution in [0.15, 0.2) is 29.4 Å². The highest BCUT2D eigenvalue weighted by Crippen LogP contribution is 2.14. The van der Waals surface area contributed by atoms with E-state index in [9.17, 15) is 8.42 Å². The molecule has 1 aromatic rings. The molecule has 0 aliphatic carbocycles. The second-order valence-corrected chi connectivity index (χ2v) is 6.21. The lowest BCUT2D eigenvalue weighted by Gasteiger charge is -2.21. The number of anilines is 1. The molecule has 0 radical (unpaired) electrons. The fourth-order valence-electron chi connectivity index (χ4n) is 1.34. The molecule has 2 N–H and O–H groups in total. The molecule has 0 aliphatic rings. The van der Waals surface area contributed by atoms with E-state index in [0.29, 0.717) is 11.4 Å². The molecular formula is C12H19N3O3S. The molecule has 106 valence electrons. The van der Waals surface area contributed by atoms with Crippen LogP contribution in [-0.2, 0) is 10.2 Å². The Labute approximate surface area is 113 Å². The second-order valence-electron chi connectivity index (χ2n) is 4.48. The van der Waals surface area contributed by atoms with Crippen molar-refractivity contribution >= 4 is 21.6 Å². The van der Waals surface area contributed by atoms with Crippen molar-refractivity contribution in [2.24, 2.45) is 5.16 Å². The highest BCUT2D eigenvalue weighted by Gasteiger charge is 2.20. The summed E-state index contributed by atoms with van der Waals surface area (Å²) >= 11 is 0. The molecule has 0 heterocycles. The van der Waals surface area contributed by atoms with Gasteiger partial charge in [0.1, 0.15) is 0 Å². The summed E-state index contributed by atoms with van der Waals surface area (Å²) in [7, 11) is -2.03. The smallest absolute Gasteiger partial charge is 0.301 e.